The number of rotatable bonds is 2. The van der Waals surface area contributed by atoms with E-state index in [0.717, 1.165) is 27.7 Å². The molecule has 0 fully saturated rings. The van der Waals surface area contributed by atoms with E-state index in [1.807, 2.05) is 17.5 Å². The van der Waals surface area contributed by atoms with E-state index in [2.05, 4.69) is 103 Å². The molecule has 7 aromatic rings. The molecule has 0 amide bonds. The lowest BCUT2D eigenvalue weighted by Crippen LogP contribution is -1.91. The summed E-state index contributed by atoms with van der Waals surface area (Å²) in [5, 5.41) is 6.04. The Balaban J connectivity index is 1.41. The Morgan fingerprint density at radius 2 is 1.33 bits per heavy atom. The molecule has 0 N–H and O–H groups in total. The van der Waals surface area contributed by atoms with Crippen molar-refractivity contribution in [1.29, 1.82) is 0 Å². The first-order valence-electron chi connectivity index (χ1n) is 11.0. The van der Waals surface area contributed by atoms with Gasteiger partial charge in [0.15, 0.2) is 5.82 Å². The minimum absolute atomic E-state index is 0.754. The van der Waals surface area contributed by atoms with Crippen LogP contribution in [-0.2, 0) is 0 Å². The van der Waals surface area contributed by atoms with Crippen molar-refractivity contribution in [3.8, 4) is 22.5 Å². The Morgan fingerprint density at radius 3 is 2.30 bits per heavy atom. The topological polar surface area (TPSA) is 25.8 Å². The molecule has 3 heteroatoms. The summed E-state index contributed by atoms with van der Waals surface area (Å²) in [6.07, 6.45) is 1.93. The van der Waals surface area contributed by atoms with E-state index in [9.17, 15) is 0 Å². The van der Waals surface area contributed by atoms with Crippen molar-refractivity contribution in [3.63, 3.8) is 0 Å². The summed E-state index contributed by atoms with van der Waals surface area (Å²) in [4.78, 5) is 9.70. The van der Waals surface area contributed by atoms with E-state index >= 15 is 0 Å². The maximum atomic E-state index is 5.00. The molecule has 0 unspecified atom stereocenters. The molecule has 0 aliphatic carbocycles. The number of aromatic nitrogens is 2. The van der Waals surface area contributed by atoms with Crippen LogP contribution < -0.4 is 0 Å². The molecule has 5 aromatic carbocycles. The van der Waals surface area contributed by atoms with Crippen molar-refractivity contribution in [2.24, 2.45) is 0 Å². The average molecular weight is 439 g/mol. The van der Waals surface area contributed by atoms with E-state index < -0.39 is 0 Å². The average Bonchev–Trinajstić information content (AvgIpc) is 3.27. The lowest BCUT2D eigenvalue weighted by Gasteiger charge is -2.08. The van der Waals surface area contributed by atoms with Gasteiger partial charge in [0.05, 0.1) is 5.52 Å². The highest BCUT2D eigenvalue weighted by atomic mass is 32.1. The minimum Gasteiger partial charge on any atom is -0.236 e. The highest BCUT2D eigenvalue weighted by molar-refractivity contribution is 7.26. The van der Waals surface area contributed by atoms with Crippen LogP contribution in [0.2, 0.25) is 0 Å². The first-order valence-corrected chi connectivity index (χ1v) is 11.8. The summed E-state index contributed by atoms with van der Waals surface area (Å²) in [5.41, 5.74) is 4.46. The monoisotopic (exact) mass is 438 g/mol. The number of thiophene rings is 1. The summed E-state index contributed by atoms with van der Waals surface area (Å²) < 4.78 is 2.64. The molecule has 7 rings (SSSR count). The maximum Gasteiger partial charge on any atom is 0.159 e. The Bertz CT molecular complexity index is 1830. The van der Waals surface area contributed by atoms with Gasteiger partial charge in [-0.15, -0.1) is 11.3 Å². The van der Waals surface area contributed by atoms with E-state index in [1.165, 1.54) is 36.7 Å². The van der Waals surface area contributed by atoms with Crippen molar-refractivity contribution in [2.75, 3.05) is 0 Å². The largest absolute Gasteiger partial charge is 0.236 e. The van der Waals surface area contributed by atoms with Gasteiger partial charge in [-0.1, -0.05) is 91.0 Å². The van der Waals surface area contributed by atoms with E-state index in [4.69, 9.17) is 9.97 Å². The molecule has 2 heterocycles. The highest BCUT2D eigenvalue weighted by Gasteiger charge is 2.12. The molecular formula is C30H18N2S. The zero-order valence-electron chi connectivity index (χ0n) is 17.7. The molecule has 0 bridgehead atoms. The fraction of sp³-hybridized carbons (Fsp3) is 0. The van der Waals surface area contributed by atoms with Crippen LogP contribution >= 0.6 is 11.3 Å². The summed E-state index contributed by atoms with van der Waals surface area (Å²) in [6, 6.07) is 36.4. The van der Waals surface area contributed by atoms with Gasteiger partial charge in [0.2, 0.25) is 0 Å². The Labute approximate surface area is 194 Å². The van der Waals surface area contributed by atoms with E-state index in [1.54, 1.807) is 0 Å². The number of hydrogen-bond acceptors (Lipinski definition) is 3. The van der Waals surface area contributed by atoms with Gasteiger partial charge in [0.25, 0.3) is 0 Å². The molecule has 154 valence electrons. The summed E-state index contributed by atoms with van der Waals surface area (Å²) >= 11 is 1.86. The molecule has 0 aliphatic rings. The molecule has 2 nitrogen and oxygen atoms in total. The van der Waals surface area contributed by atoms with Gasteiger partial charge in [-0.3, -0.25) is 0 Å². The number of nitrogens with zero attached hydrogens (tertiary/aromatic N) is 2. The van der Waals surface area contributed by atoms with Gasteiger partial charge in [-0.25, -0.2) is 9.97 Å². The van der Waals surface area contributed by atoms with Gasteiger partial charge in [-0.05, 0) is 28.6 Å². The van der Waals surface area contributed by atoms with Crippen LogP contribution in [0.1, 0.15) is 0 Å². The fourth-order valence-electron chi connectivity index (χ4n) is 4.71. The third-order valence-electron chi connectivity index (χ3n) is 6.31. The van der Waals surface area contributed by atoms with Gasteiger partial charge in [0, 0.05) is 42.7 Å². The smallest absolute Gasteiger partial charge is 0.159 e. The fourth-order valence-corrected chi connectivity index (χ4v) is 5.94. The van der Waals surface area contributed by atoms with Crippen molar-refractivity contribution >= 4 is 53.2 Å². The Morgan fingerprint density at radius 1 is 0.576 bits per heavy atom. The minimum atomic E-state index is 0.754. The molecular weight excluding hydrogens is 420 g/mol. The van der Waals surface area contributed by atoms with Crippen molar-refractivity contribution in [3.05, 3.63) is 109 Å². The molecule has 0 radical (unpaired) electrons. The van der Waals surface area contributed by atoms with Crippen LogP contribution in [0.3, 0.4) is 0 Å². The molecule has 0 saturated heterocycles. The Hall–Kier alpha value is -4.08. The van der Waals surface area contributed by atoms with Gasteiger partial charge in [0.1, 0.15) is 0 Å². The third kappa shape index (κ3) is 2.94. The first kappa shape index (κ1) is 18.5. The summed E-state index contributed by atoms with van der Waals surface area (Å²) in [7, 11) is 0. The van der Waals surface area contributed by atoms with Gasteiger partial charge >= 0.3 is 0 Å². The predicted octanol–water partition coefficient (Wildman–Crippen LogP) is 8.48. The molecule has 0 saturated carbocycles. The van der Waals surface area contributed by atoms with Crippen LogP contribution in [-0.4, -0.2) is 9.97 Å². The highest BCUT2D eigenvalue weighted by Crippen LogP contribution is 2.40. The normalized spacial score (nSPS) is 11.6. The number of benzene rings is 5. The van der Waals surface area contributed by atoms with Crippen molar-refractivity contribution < 1.29 is 0 Å². The predicted molar refractivity (Wildman–Crippen MR) is 141 cm³/mol. The second-order valence-corrected chi connectivity index (χ2v) is 9.33. The van der Waals surface area contributed by atoms with Gasteiger partial charge < -0.3 is 0 Å². The standard InChI is InChI=1S/C30H18N2S/c1-2-10-23-19(7-1)15-16-22-18-31-30(32-28(22)23)21-9-5-8-20(17-21)24-12-6-13-26-25-11-3-4-14-27(25)33-29(24)26/h1-18H. The van der Waals surface area contributed by atoms with Crippen LogP contribution in [0, 0.1) is 0 Å². The quantitative estimate of drug-likeness (QED) is 0.253. The number of fused-ring (bicyclic) bond motifs is 6. The summed E-state index contributed by atoms with van der Waals surface area (Å²) in [6.45, 7) is 0. The molecule has 0 aliphatic heterocycles. The lowest BCUT2D eigenvalue weighted by atomic mass is 10.0. The SMILES string of the molecule is c1cc(-c2ncc3ccc4ccccc4c3n2)cc(-c2cccc3c2sc2ccccc23)c1. The first-order chi connectivity index (χ1) is 16.3. The Kier molecular flexibility index (Phi) is 4.05. The second kappa shape index (κ2) is 7.22. The van der Waals surface area contributed by atoms with E-state index in [-0.39, 0.29) is 0 Å². The van der Waals surface area contributed by atoms with Crippen molar-refractivity contribution in [1.82, 2.24) is 9.97 Å². The molecule has 33 heavy (non-hydrogen) atoms. The molecule has 2 aromatic heterocycles. The maximum absolute atomic E-state index is 5.00. The van der Waals surface area contributed by atoms with Crippen LogP contribution in [0.15, 0.2) is 109 Å². The third-order valence-corrected chi connectivity index (χ3v) is 7.53. The lowest BCUT2D eigenvalue weighted by molar-refractivity contribution is 1.23. The van der Waals surface area contributed by atoms with Crippen LogP contribution in [0.4, 0.5) is 0 Å². The zero-order chi connectivity index (χ0) is 21.8. The van der Waals surface area contributed by atoms with Crippen molar-refractivity contribution in [2.45, 2.75) is 0 Å². The molecule has 0 spiro atoms. The number of hydrogen-bond donors (Lipinski definition) is 0. The second-order valence-electron chi connectivity index (χ2n) is 8.28. The van der Waals surface area contributed by atoms with E-state index in [0.29, 0.717) is 0 Å². The summed E-state index contributed by atoms with van der Waals surface area (Å²) in [5.74, 6) is 0.754. The van der Waals surface area contributed by atoms with Crippen LogP contribution in [0.25, 0.3) is 64.4 Å². The zero-order valence-corrected chi connectivity index (χ0v) is 18.5. The molecule has 0 atom stereocenters. The van der Waals surface area contributed by atoms with Crippen LogP contribution in [0.5, 0.6) is 0 Å². The van der Waals surface area contributed by atoms with Gasteiger partial charge in [-0.2, -0.15) is 0 Å².